The maximum Gasteiger partial charge on any atom is 0.221 e. The summed E-state index contributed by atoms with van der Waals surface area (Å²) in [5, 5.41) is 2.77. The Morgan fingerprint density at radius 2 is 2.22 bits per heavy atom. The summed E-state index contributed by atoms with van der Waals surface area (Å²) >= 11 is 3.22. The van der Waals surface area contributed by atoms with Crippen LogP contribution in [0.3, 0.4) is 0 Å². The number of amides is 1. The zero-order chi connectivity index (χ0) is 13.1. The van der Waals surface area contributed by atoms with Crippen molar-refractivity contribution in [1.29, 1.82) is 0 Å². The van der Waals surface area contributed by atoms with Gasteiger partial charge in [0, 0.05) is 32.6 Å². The van der Waals surface area contributed by atoms with E-state index in [-0.39, 0.29) is 18.3 Å². The first-order valence-corrected chi connectivity index (χ1v) is 6.61. The lowest BCUT2D eigenvalue weighted by Crippen LogP contribution is -2.29. The van der Waals surface area contributed by atoms with Crippen LogP contribution in [0.4, 0.5) is 10.1 Å². The highest BCUT2D eigenvalue weighted by Gasteiger charge is 2.19. The van der Waals surface area contributed by atoms with Crippen molar-refractivity contribution in [1.82, 2.24) is 5.32 Å². The van der Waals surface area contributed by atoms with E-state index in [4.69, 9.17) is 5.73 Å². The topological polar surface area (TPSA) is 58.4 Å². The zero-order valence-corrected chi connectivity index (χ0v) is 11.5. The van der Waals surface area contributed by atoms with Crippen LogP contribution in [0.5, 0.6) is 0 Å². The van der Waals surface area contributed by atoms with Crippen molar-refractivity contribution < 1.29 is 9.18 Å². The number of hydrogen-bond acceptors (Lipinski definition) is 3. The van der Waals surface area contributed by atoms with E-state index in [0.29, 0.717) is 36.2 Å². The van der Waals surface area contributed by atoms with Crippen LogP contribution in [0.25, 0.3) is 0 Å². The van der Waals surface area contributed by atoms with Gasteiger partial charge in [-0.25, -0.2) is 4.39 Å². The highest BCUT2D eigenvalue weighted by Crippen LogP contribution is 2.29. The fourth-order valence-electron chi connectivity index (χ4n) is 1.99. The number of nitrogens with one attached hydrogen (secondary N) is 1. The van der Waals surface area contributed by atoms with E-state index in [9.17, 15) is 9.18 Å². The van der Waals surface area contributed by atoms with Gasteiger partial charge in [0.1, 0.15) is 0 Å². The number of halogens is 2. The molecular formula is C12H15BrFN3O. The highest BCUT2D eigenvalue weighted by atomic mass is 79.9. The minimum atomic E-state index is -0.313. The number of benzene rings is 1. The lowest BCUT2D eigenvalue weighted by Gasteiger charge is -2.23. The molecule has 1 fully saturated rings. The Morgan fingerprint density at radius 1 is 1.44 bits per heavy atom. The monoisotopic (exact) mass is 315 g/mol. The highest BCUT2D eigenvalue weighted by molar-refractivity contribution is 9.10. The van der Waals surface area contributed by atoms with E-state index in [1.165, 1.54) is 0 Å². The number of anilines is 1. The van der Waals surface area contributed by atoms with E-state index in [0.717, 1.165) is 5.56 Å². The van der Waals surface area contributed by atoms with Crippen LogP contribution in [-0.4, -0.2) is 25.5 Å². The molecule has 18 heavy (non-hydrogen) atoms. The molecule has 0 saturated carbocycles. The number of carbonyl (C=O) groups excluding carboxylic acids is 1. The Morgan fingerprint density at radius 3 is 2.94 bits per heavy atom. The SMILES string of the molecule is NCc1ccc(N2CCNC(=O)CC2)c(F)c1Br. The molecular weight excluding hydrogens is 301 g/mol. The molecule has 2 rings (SSSR count). The molecule has 0 unspecified atom stereocenters. The normalized spacial score (nSPS) is 16.4. The molecule has 0 bridgehead atoms. The minimum absolute atomic E-state index is 0.00977. The van der Waals surface area contributed by atoms with Crippen LogP contribution in [-0.2, 0) is 11.3 Å². The third-order valence-corrected chi connectivity index (χ3v) is 3.87. The molecule has 3 N–H and O–H groups in total. The van der Waals surface area contributed by atoms with Crippen molar-refractivity contribution in [3.63, 3.8) is 0 Å². The van der Waals surface area contributed by atoms with Gasteiger partial charge in [0.2, 0.25) is 5.91 Å². The van der Waals surface area contributed by atoms with E-state index < -0.39 is 0 Å². The third kappa shape index (κ3) is 2.64. The zero-order valence-electron chi connectivity index (χ0n) is 9.88. The van der Waals surface area contributed by atoms with Crippen molar-refractivity contribution in [2.45, 2.75) is 13.0 Å². The van der Waals surface area contributed by atoms with Crippen LogP contribution >= 0.6 is 15.9 Å². The standard InChI is InChI=1S/C12H15BrFN3O/c13-11-8(7-15)1-2-9(12(11)14)17-5-3-10(18)16-4-6-17/h1-2H,3-7,15H2,(H,16,18). The summed E-state index contributed by atoms with van der Waals surface area (Å²) in [6.07, 6.45) is 0.385. The van der Waals surface area contributed by atoms with E-state index in [1.807, 2.05) is 11.0 Å². The molecule has 1 amide bonds. The molecule has 1 aliphatic heterocycles. The Kier molecular flexibility index (Phi) is 4.19. The molecule has 0 aromatic heterocycles. The fourth-order valence-corrected chi connectivity index (χ4v) is 2.49. The van der Waals surface area contributed by atoms with Crippen LogP contribution < -0.4 is 16.0 Å². The van der Waals surface area contributed by atoms with E-state index in [1.54, 1.807) is 6.07 Å². The molecule has 1 saturated heterocycles. The average Bonchev–Trinajstić information content (AvgIpc) is 2.58. The van der Waals surface area contributed by atoms with E-state index >= 15 is 0 Å². The summed E-state index contributed by atoms with van der Waals surface area (Å²) in [6.45, 7) is 1.96. The Hall–Kier alpha value is -1.14. The summed E-state index contributed by atoms with van der Waals surface area (Å²) < 4.78 is 14.6. The van der Waals surface area contributed by atoms with Gasteiger partial charge >= 0.3 is 0 Å². The van der Waals surface area contributed by atoms with Crippen LogP contribution in [0.15, 0.2) is 16.6 Å². The predicted octanol–water partition coefficient (Wildman–Crippen LogP) is 1.37. The van der Waals surface area contributed by atoms with Crippen LogP contribution in [0.1, 0.15) is 12.0 Å². The number of rotatable bonds is 2. The second kappa shape index (κ2) is 5.67. The molecule has 6 heteroatoms. The first kappa shape index (κ1) is 13.3. The molecule has 4 nitrogen and oxygen atoms in total. The Bertz CT molecular complexity index is 467. The number of nitrogens with zero attached hydrogens (tertiary/aromatic N) is 1. The molecule has 0 spiro atoms. The summed E-state index contributed by atoms with van der Waals surface area (Å²) in [5.41, 5.74) is 6.77. The largest absolute Gasteiger partial charge is 0.367 e. The van der Waals surface area contributed by atoms with Gasteiger partial charge in [-0.2, -0.15) is 0 Å². The number of hydrogen-bond donors (Lipinski definition) is 2. The number of carbonyl (C=O) groups is 1. The van der Waals surface area contributed by atoms with Gasteiger partial charge in [-0.1, -0.05) is 6.07 Å². The average molecular weight is 316 g/mol. The summed E-state index contributed by atoms with van der Waals surface area (Å²) in [4.78, 5) is 13.1. The van der Waals surface area contributed by atoms with Crippen LogP contribution in [0.2, 0.25) is 0 Å². The maximum atomic E-state index is 14.2. The van der Waals surface area contributed by atoms with Crippen molar-refractivity contribution in [3.8, 4) is 0 Å². The Labute approximate surface area is 113 Å². The van der Waals surface area contributed by atoms with Gasteiger partial charge in [-0.3, -0.25) is 4.79 Å². The van der Waals surface area contributed by atoms with Crippen molar-refractivity contribution in [2.24, 2.45) is 5.73 Å². The molecule has 1 aromatic rings. The molecule has 1 aromatic carbocycles. The molecule has 0 radical (unpaired) electrons. The second-order valence-corrected chi connectivity index (χ2v) is 4.96. The smallest absolute Gasteiger partial charge is 0.221 e. The molecule has 1 heterocycles. The second-order valence-electron chi connectivity index (χ2n) is 4.16. The first-order chi connectivity index (χ1) is 8.63. The first-order valence-electron chi connectivity index (χ1n) is 5.82. The molecule has 98 valence electrons. The van der Waals surface area contributed by atoms with Gasteiger partial charge in [-0.05, 0) is 27.6 Å². The van der Waals surface area contributed by atoms with Crippen molar-refractivity contribution >= 4 is 27.5 Å². The molecule has 0 atom stereocenters. The quantitative estimate of drug-likeness (QED) is 0.866. The lowest BCUT2D eigenvalue weighted by atomic mass is 10.1. The Balaban J connectivity index is 2.27. The lowest BCUT2D eigenvalue weighted by molar-refractivity contribution is -0.120. The summed E-state index contributed by atoms with van der Waals surface area (Å²) in [5.74, 6) is -0.303. The molecule has 1 aliphatic rings. The van der Waals surface area contributed by atoms with Crippen LogP contribution in [0, 0.1) is 5.82 Å². The number of nitrogens with two attached hydrogens (primary N) is 1. The minimum Gasteiger partial charge on any atom is -0.367 e. The van der Waals surface area contributed by atoms with Crippen molar-refractivity contribution in [2.75, 3.05) is 24.5 Å². The maximum absolute atomic E-state index is 14.2. The van der Waals surface area contributed by atoms with Crippen molar-refractivity contribution in [3.05, 3.63) is 28.0 Å². The predicted molar refractivity (Wildman–Crippen MR) is 71.8 cm³/mol. The summed E-state index contributed by atoms with van der Waals surface area (Å²) in [7, 11) is 0. The van der Waals surface area contributed by atoms with E-state index in [2.05, 4.69) is 21.2 Å². The summed E-state index contributed by atoms with van der Waals surface area (Å²) in [6, 6.07) is 3.53. The third-order valence-electron chi connectivity index (χ3n) is 3.02. The van der Waals surface area contributed by atoms with Gasteiger partial charge in [0.05, 0.1) is 10.2 Å². The van der Waals surface area contributed by atoms with Gasteiger partial charge in [0.15, 0.2) is 5.82 Å². The molecule has 0 aliphatic carbocycles. The fraction of sp³-hybridized carbons (Fsp3) is 0.417. The van der Waals surface area contributed by atoms with Gasteiger partial charge in [-0.15, -0.1) is 0 Å². The van der Waals surface area contributed by atoms with Gasteiger partial charge in [0.25, 0.3) is 0 Å². The van der Waals surface area contributed by atoms with Gasteiger partial charge < -0.3 is 16.0 Å².